The van der Waals surface area contributed by atoms with Crippen molar-refractivity contribution in [2.45, 2.75) is 97.8 Å². The number of hydrogen-bond acceptors (Lipinski definition) is 3. The van der Waals surface area contributed by atoms with Crippen LogP contribution in [0.5, 0.6) is 5.75 Å². The van der Waals surface area contributed by atoms with E-state index in [4.69, 9.17) is 9.72 Å². The molecule has 0 spiro atoms. The second kappa shape index (κ2) is 9.56. The van der Waals surface area contributed by atoms with Gasteiger partial charge in [0.1, 0.15) is 5.75 Å². The first kappa shape index (κ1) is 28.2. The number of ether oxygens (including phenoxy) is 1. The Morgan fingerprint density at radius 1 is 0.902 bits per heavy atom. The predicted octanol–water partition coefficient (Wildman–Crippen LogP) is 11.1. The maximum Gasteiger partial charge on any atom is 0.127 e. The molecular weight excluding hydrogens is 518 g/mol. The summed E-state index contributed by atoms with van der Waals surface area (Å²) in [5.74, 6) is 1.66. The number of aromatic nitrogens is 1. The van der Waals surface area contributed by atoms with Crippen molar-refractivity contribution < 1.29 is 4.74 Å². The van der Waals surface area contributed by atoms with Crippen molar-refractivity contribution in [1.29, 1.82) is 0 Å². The summed E-state index contributed by atoms with van der Waals surface area (Å²) in [6.45, 7) is 21.3. The number of rotatable bonds is 4. The van der Waals surface area contributed by atoms with Gasteiger partial charge in [-0.15, -0.1) is 11.3 Å². The molecule has 0 saturated carbocycles. The Balaban J connectivity index is 1.77. The van der Waals surface area contributed by atoms with Crippen molar-refractivity contribution in [1.82, 2.24) is 4.98 Å². The SMILES string of the molecule is COc1c2c(c3c(sc4c(-c5cc(C(C)(C)C)c6ccccc6c5)nccc43)c1CC(C)C)C(C)(C)CCC2(C)C. The fourth-order valence-electron chi connectivity index (χ4n) is 7.27. The quantitative estimate of drug-likeness (QED) is 0.217. The molecule has 0 fully saturated rings. The number of thiophene rings is 1. The molecule has 3 heteroatoms. The van der Waals surface area contributed by atoms with E-state index in [1.807, 2.05) is 24.6 Å². The third-order valence-electron chi connectivity index (χ3n) is 9.37. The van der Waals surface area contributed by atoms with Gasteiger partial charge in [0.15, 0.2) is 0 Å². The highest BCUT2D eigenvalue weighted by molar-refractivity contribution is 7.26. The van der Waals surface area contributed by atoms with Gasteiger partial charge in [0, 0.05) is 38.4 Å². The molecule has 0 radical (unpaired) electrons. The van der Waals surface area contributed by atoms with Crippen molar-refractivity contribution in [2.75, 3.05) is 7.11 Å². The fourth-order valence-corrected chi connectivity index (χ4v) is 8.63. The van der Waals surface area contributed by atoms with E-state index in [0.29, 0.717) is 5.92 Å². The van der Waals surface area contributed by atoms with Crippen LogP contribution in [0.4, 0.5) is 0 Å². The predicted molar refractivity (Wildman–Crippen MR) is 179 cm³/mol. The Labute approximate surface area is 250 Å². The molecule has 214 valence electrons. The topological polar surface area (TPSA) is 22.1 Å². The van der Waals surface area contributed by atoms with E-state index in [1.54, 1.807) is 0 Å². The van der Waals surface area contributed by atoms with E-state index in [9.17, 15) is 0 Å². The lowest BCUT2D eigenvalue weighted by Crippen LogP contribution is -2.35. The number of hydrogen-bond donors (Lipinski definition) is 0. The van der Waals surface area contributed by atoms with Gasteiger partial charge in [0.25, 0.3) is 0 Å². The smallest absolute Gasteiger partial charge is 0.127 e. The van der Waals surface area contributed by atoms with Gasteiger partial charge in [-0.3, -0.25) is 4.98 Å². The Bertz CT molecular complexity index is 1810. The minimum absolute atomic E-state index is 0.0240. The van der Waals surface area contributed by atoms with E-state index in [-0.39, 0.29) is 16.2 Å². The molecule has 1 aliphatic carbocycles. The zero-order chi connectivity index (χ0) is 29.5. The maximum absolute atomic E-state index is 6.39. The van der Waals surface area contributed by atoms with Gasteiger partial charge in [0.2, 0.25) is 0 Å². The standard InChI is InChI=1S/C38H45NOS/c1-22(2)19-27-33(40-10)31-30(37(6,7)16-17-38(31,8)9)29-26-15-18-39-32(35(26)41-34(27)29)24-20-23-13-11-12-14-25(23)28(21-24)36(3,4)5/h11-15,18,20-22H,16-17,19H2,1-10H3. The first-order valence-corrected chi connectivity index (χ1v) is 16.0. The summed E-state index contributed by atoms with van der Waals surface area (Å²) in [4.78, 5) is 5.09. The molecule has 0 saturated heterocycles. The van der Waals surface area contributed by atoms with Crippen LogP contribution >= 0.6 is 11.3 Å². The Kier molecular flexibility index (Phi) is 6.58. The van der Waals surface area contributed by atoms with Crippen molar-refractivity contribution in [3.8, 4) is 17.0 Å². The first-order valence-electron chi connectivity index (χ1n) is 15.2. The van der Waals surface area contributed by atoms with Crippen LogP contribution in [0.25, 0.3) is 42.2 Å². The summed E-state index contributed by atoms with van der Waals surface area (Å²) in [6, 6.07) is 15.8. The molecule has 2 heterocycles. The van der Waals surface area contributed by atoms with Gasteiger partial charge in [-0.25, -0.2) is 0 Å². The monoisotopic (exact) mass is 563 g/mol. The van der Waals surface area contributed by atoms with Gasteiger partial charge in [-0.1, -0.05) is 86.6 Å². The highest BCUT2D eigenvalue weighted by atomic mass is 32.1. The molecule has 2 aromatic heterocycles. The number of pyridine rings is 1. The second-order valence-corrected chi connectivity index (χ2v) is 16.0. The second-order valence-electron chi connectivity index (χ2n) is 15.0. The van der Waals surface area contributed by atoms with Crippen LogP contribution < -0.4 is 4.74 Å². The molecular formula is C38H45NOS. The number of methoxy groups -OCH3 is 1. The Hall–Kier alpha value is -2.91. The minimum Gasteiger partial charge on any atom is -0.496 e. The zero-order valence-corrected chi connectivity index (χ0v) is 27.4. The van der Waals surface area contributed by atoms with E-state index in [0.717, 1.165) is 24.3 Å². The molecule has 41 heavy (non-hydrogen) atoms. The van der Waals surface area contributed by atoms with Gasteiger partial charge in [-0.2, -0.15) is 0 Å². The highest BCUT2D eigenvalue weighted by Gasteiger charge is 2.43. The van der Waals surface area contributed by atoms with Crippen LogP contribution in [0.1, 0.15) is 97.4 Å². The maximum atomic E-state index is 6.39. The molecule has 0 atom stereocenters. The third kappa shape index (κ3) is 4.47. The molecule has 0 unspecified atom stereocenters. The zero-order valence-electron chi connectivity index (χ0n) is 26.6. The number of fused-ring (bicyclic) bond motifs is 6. The summed E-state index contributed by atoms with van der Waals surface area (Å²) < 4.78 is 9.06. The Morgan fingerprint density at radius 2 is 1.59 bits per heavy atom. The van der Waals surface area contributed by atoms with Gasteiger partial charge < -0.3 is 4.74 Å². The van der Waals surface area contributed by atoms with Crippen LogP contribution in [0.3, 0.4) is 0 Å². The van der Waals surface area contributed by atoms with Crippen molar-refractivity contribution in [2.24, 2.45) is 5.92 Å². The number of nitrogens with zero attached hydrogens (tertiary/aromatic N) is 1. The largest absolute Gasteiger partial charge is 0.496 e. The molecule has 1 aliphatic rings. The summed E-state index contributed by atoms with van der Waals surface area (Å²) in [5, 5.41) is 5.39. The van der Waals surface area contributed by atoms with Crippen LogP contribution in [-0.4, -0.2) is 12.1 Å². The van der Waals surface area contributed by atoms with E-state index in [1.165, 1.54) is 65.2 Å². The van der Waals surface area contributed by atoms with Crippen molar-refractivity contribution in [3.05, 3.63) is 70.9 Å². The molecule has 0 N–H and O–H groups in total. The lowest BCUT2D eigenvalue weighted by atomic mass is 9.61. The minimum atomic E-state index is 0.0240. The van der Waals surface area contributed by atoms with Gasteiger partial charge >= 0.3 is 0 Å². The van der Waals surface area contributed by atoms with Gasteiger partial charge in [0.05, 0.1) is 17.5 Å². The lowest BCUT2D eigenvalue weighted by Gasteiger charge is -2.43. The molecule has 3 aromatic carbocycles. The lowest BCUT2D eigenvalue weighted by molar-refractivity contribution is 0.313. The average molecular weight is 564 g/mol. The average Bonchev–Trinajstić information content (AvgIpc) is 3.29. The molecule has 6 rings (SSSR count). The highest BCUT2D eigenvalue weighted by Crippen LogP contribution is 2.57. The van der Waals surface area contributed by atoms with E-state index in [2.05, 4.69) is 105 Å². The van der Waals surface area contributed by atoms with Crippen LogP contribution in [-0.2, 0) is 22.7 Å². The molecule has 0 amide bonds. The molecule has 5 aromatic rings. The van der Waals surface area contributed by atoms with Crippen molar-refractivity contribution in [3.63, 3.8) is 0 Å². The fraction of sp³-hybridized carbons (Fsp3) is 0.447. The third-order valence-corrected chi connectivity index (χ3v) is 10.6. The summed E-state index contributed by atoms with van der Waals surface area (Å²) in [7, 11) is 1.88. The van der Waals surface area contributed by atoms with Crippen molar-refractivity contribution >= 4 is 42.3 Å². The van der Waals surface area contributed by atoms with Gasteiger partial charge in [-0.05, 0) is 81.5 Å². The van der Waals surface area contributed by atoms with Crippen LogP contribution in [0.15, 0.2) is 48.7 Å². The summed E-state index contributed by atoms with van der Waals surface area (Å²) in [5.41, 5.74) is 8.11. The van der Waals surface area contributed by atoms with E-state index >= 15 is 0 Å². The molecule has 0 aliphatic heterocycles. The summed E-state index contributed by atoms with van der Waals surface area (Å²) in [6.07, 6.45) is 5.37. The summed E-state index contributed by atoms with van der Waals surface area (Å²) >= 11 is 1.93. The number of benzene rings is 3. The van der Waals surface area contributed by atoms with Crippen LogP contribution in [0.2, 0.25) is 0 Å². The molecule has 2 nitrogen and oxygen atoms in total. The normalized spacial score (nSPS) is 16.6. The van der Waals surface area contributed by atoms with E-state index < -0.39 is 0 Å². The first-order chi connectivity index (χ1) is 19.2. The molecule has 0 bridgehead atoms. The Morgan fingerprint density at radius 3 is 2.24 bits per heavy atom. The van der Waals surface area contributed by atoms with Crippen LogP contribution in [0, 0.1) is 5.92 Å².